The Kier molecular flexibility index (Phi) is 7.36. The van der Waals surface area contributed by atoms with Gasteiger partial charge >= 0.3 is 0 Å². The number of amides is 2. The lowest BCUT2D eigenvalue weighted by Crippen LogP contribution is -2.43. The molecule has 0 spiro atoms. The van der Waals surface area contributed by atoms with Crippen molar-refractivity contribution in [2.45, 2.75) is 25.7 Å². The van der Waals surface area contributed by atoms with E-state index in [0.717, 1.165) is 30.5 Å². The van der Waals surface area contributed by atoms with Crippen LogP contribution in [0.15, 0.2) is 60.9 Å². The molecule has 0 aliphatic carbocycles. The van der Waals surface area contributed by atoms with E-state index in [1.54, 1.807) is 18.5 Å². The lowest BCUT2D eigenvalue weighted by Gasteiger charge is -2.32. The van der Waals surface area contributed by atoms with Crippen molar-refractivity contribution in [1.29, 1.82) is 0 Å². The fourth-order valence-corrected chi connectivity index (χ4v) is 3.42. The molecule has 1 aromatic carbocycles. The quantitative estimate of drug-likeness (QED) is 0.754. The first-order valence-electron chi connectivity index (χ1n) is 9.88. The summed E-state index contributed by atoms with van der Waals surface area (Å²) >= 11 is 0. The maximum absolute atomic E-state index is 12.5. The van der Waals surface area contributed by atoms with E-state index in [1.165, 1.54) is 0 Å². The monoisotopic (exact) mass is 377 g/mol. The van der Waals surface area contributed by atoms with Gasteiger partial charge in [-0.1, -0.05) is 30.3 Å². The first kappa shape index (κ1) is 19.8. The van der Waals surface area contributed by atoms with Gasteiger partial charge < -0.3 is 10.2 Å². The van der Waals surface area contributed by atoms with Crippen molar-refractivity contribution in [1.82, 2.24) is 15.2 Å². The lowest BCUT2D eigenvalue weighted by atomic mass is 9.97. The third-order valence-corrected chi connectivity index (χ3v) is 5.03. The summed E-state index contributed by atoms with van der Waals surface area (Å²) in [6.45, 7) is 2.11. The number of likely N-dealkylation sites (tertiary alicyclic amines) is 1. The van der Waals surface area contributed by atoms with Crippen LogP contribution < -0.4 is 5.32 Å². The SMILES string of the molecule is O=C(CCc1ccncc1)NCC1CCCN(C(=O)C=Cc2ccccc2)C1. The summed E-state index contributed by atoms with van der Waals surface area (Å²) < 4.78 is 0. The summed E-state index contributed by atoms with van der Waals surface area (Å²) in [6, 6.07) is 13.7. The first-order chi connectivity index (χ1) is 13.7. The Bertz CT molecular complexity index is 790. The molecule has 28 heavy (non-hydrogen) atoms. The van der Waals surface area contributed by atoms with Crippen molar-refractivity contribution >= 4 is 17.9 Å². The number of piperidine rings is 1. The molecule has 146 valence electrons. The van der Waals surface area contributed by atoms with E-state index in [4.69, 9.17) is 0 Å². The van der Waals surface area contributed by atoms with Crippen LogP contribution in [0.3, 0.4) is 0 Å². The van der Waals surface area contributed by atoms with Crippen molar-refractivity contribution < 1.29 is 9.59 Å². The first-order valence-corrected chi connectivity index (χ1v) is 9.88. The summed E-state index contributed by atoms with van der Waals surface area (Å²) in [5.41, 5.74) is 2.13. The van der Waals surface area contributed by atoms with E-state index < -0.39 is 0 Å². The van der Waals surface area contributed by atoms with E-state index in [0.29, 0.717) is 31.8 Å². The van der Waals surface area contributed by atoms with E-state index in [-0.39, 0.29) is 11.8 Å². The minimum atomic E-state index is 0.0394. The van der Waals surface area contributed by atoms with Crippen LogP contribution in [0.25, 0.3) is 6.08 Å². The third kappa shape index (κ3) is 6.34. The van der Waals surface area contributed by atoms with Crippen LogP contribution in [-0.2, 0) is 16.0 Å². The van der Waals surface area contributed by atoms with Gasteiger partial charge in [-0.25, -0.2) is 0 Å². The molecular formula is C23H27N3O2. The van der Waals surface area contributed by atoms with Crippen molar-refractivity contribution in [3.63, 3.8) is 0 Å². The molecule has 1 aliphatic heterocycles. The molecule has 0 saturated carbocycles. The van der Waals surface area contributed by atoms with Crippen LogP contribution in [0, 0.1) is 5.92 Å². The number of carbonyl (C=O) groups is 2. The summed E-state index contributed by atoms with van der Waals surface area (Å²) in [5, 5.41) is 3.03. The minimum absolute atomic E-state index is 0.0394. The fourth-order valence-electron chi connectivity index (χ4n) is 3.42. The average molecular weight is 377 g/mol. The van der Waals surface area contributed by atoms with Gasteiger partial charge in [-0.05, 0) is 54.5 Å². The van der Waals surface area contributed by atoms with Gasteiger partial charge in [0, 0.05) is 44.5 Å². The van der Waals surface area contributed by atoms with Gasteiger partial charge in [0.2, 0.25) is 11.8 Å². The average Bonchev–Trinajstić information content (AvgIpc) is 2.76. The Hall–Kier alpha value is -2.95. The summed E-state index contributed by atoms with van der Waals surface area (Å²) in [7, 11) is 0. The zero-order chi connectivity index (χ0) is 19.6. The van der Waals surface area contributed by atoms with E-state index in [9.17, 15) is 9.59 Å². The molecule has 1 unspecified atom stereocenters. The van der Waals surface area contributed by atoms with Crippen LogP contribution in [0.5, 0.6) is 0 Å². The number of benzene rings is 1. The van der Waals surface area contributed by atoms with Crippen LogP contribution in [-0.4, -0.2) is 41.3 Å². The Labute approximate surface area is 166 Å². The summed E-state index contributed by atoms with van der Waals surface area (Å²) in [4.78, 5) is 30.4. The predicted octanol–water partition coefficient (Wildman–Crippen LogP) is 3.08. The van der Waals surface area contributed by atoms with E-state index in [1.807, 2.05) is 53.4 Å². The molecule has 1 aromatic heterocycles. The fraction of sp³-hybridized carbons (Fsp3) is 0.348. The largest absolute Gasteiger partial charge is 0.356 e. The topological polar surface area (TPSA) is 62.3 Å². The molecular weight excluding hydrogens is 350 g/mol. The molecule has 0 bridgehead atoms. The van der Waals surface area contributed by atoms with Gasteiger partial charge in [-0.15, -0.1) is 0 Å². The van der Waals surface area contributed by atoms with Gasteiger partial charge in [-0.3, -0.25) is 14.6 Å². The number of nitrogens with zero attached hydrogens (tertiary/aromatic N) is 2. The highest BCUT2D eigenvalue weighted by Crippen LogP contribution is 2.16. The Balaban J connectivity index is 1.41. The Morgan fingerprint density at radius 2 is 1.93 bits per heavy atom. The van der Waals surface area contributed by atoms with Crippen molar-refractivity contribution in [2.24, 2.45) is 5.92 Å². The van der Waals surface area contributed by atoms with Crippen LogP contribution in [0.4, 0.5) is 0 Å². The van der Waals surface area contributed by atoms with Gasteiger partial charge in [0.25, 0.3) is 0 Å². The number of aryl methyl sites for hydroxylation is 1. The maximum Gasteiger partial charge on any atom is 0.246 e. The van der Waals surface area contributed by atoms with Gasteiger partial charge in [0.05, 0.1) is 0 Å². The molecule has 2 aromatic rings. The molecule has 3 rings (SSSR count). The second-order valence-electron chi connectivity index (χ2n) is 7.20. The predicted molar refractivity (Wildman–Crippen MR) is 110 cm³/mol. The number of nitrogens with one attached hydrogen (secondary N) is 1. The van der Waals surface area contributed by atoms with Gasteiger partial charge in [-0.2, -0.15) is 0 Å². The summed E-state index contributed by atoms with van der Waals surface area (Å²) in [6.07, 6.45) is 10.2. The molecule has 5 nitrogen and oxygen atoms in total. The second kappa shape index (κ2) is 10.4. The van der Waals surface area contributed by atoms with E-state index in [2.05, 4.69) is 10.3 Å². The second-order valence-corrected chi connectivity index (χ2v) is 7.20. The van der Waals surface area contributed by atoms with Crippen molar-refractivity contribution in [2.75, 3.05) is 19.6 Å². The zero-order valence-corrected chi connectivity index (χ0v) is 16.1. The Morgan fingerprint density at radius 3 is 2.71 bits per heavy atom. The molecule has 1 saturated heterocycles. The molecule has 0 radical (unpaired) electrons. The van der Waals surface area contributed by atoms with Crippen LogP contribution in [0.2, 0.25) is 0 Å². The number of pyridine rings is 1. The number of aromatic nitrogens is 1. The molecule has 2 heterocycles. The summed E-state index contributed by atoms with van der Waals surface area (Å²) in [5.74, 6) is 0.412. The molecule has 2 amide bonds. The molecule has 1 fully saturated rings. The van der Waals surface area contributed by atoms with E-state index >= 15 is 0 Å². The number of hydrogen-bond donors (Lipinski definition) is 1. The molecule has 5 heteroatoms. The molecule has 1 atom stereocenters. The number of hydrogen-bond acceptors (Lipinski definition) is 3. The van der Waals surface area contributed by atoms with Crippen LogP contribution >= 0.6 is 0 Å². The standard InChI is InChI=1S/C23H27N3O2/c27-22(10-8-20-12-14-24-15-13-20)25-17-21-7-4-16-26(18-21)23(28)11-9-19-5-2-1-3-6-19/h1-3,5-6,9,11-15,21H,4,7-8,10,16-18H2,(H,25,27). The van der Waals surface area contributed by atoms with Crippen LogP contribution in [0.1, 0.15) is 30.4 Å². The lowest BCUT2D eigenvalue weighted by molar-refractivity contribution is -0.127. The van der Waals surface area contributed by atoms with Gasteiger partial charge in [0.15, 0.2) is 0 Å². The smallest absolute Gasteiger partial charge is 0.246 e. The highest BCUT2D eigenvalue weighted by molar-refractivity contribution is 5.91. The Morgan fingerprint density at radius 1 is 1.14 bits per heavy atom. The van der Waals surface area contributed by atoms with Crippen molar-refractivity contribution in [3.05, 3.63) is 72.1 Å². The minimum Gasteiger partial charge on any atom is -0.356 e. The zero-order valence-electron chi connectivity index (χ0n) is 16.1. The maximum atomic E-state index is 12.5. The molecule has 1 N–H and O–H groups in total. The highest BCUT2D eigenvalue weighted by atomic mass is 16.2. The molecule has 1 aliphatic rings. The number of carbonyl (C=O) groups excluding carboxylic acids is 2. The third-order valence-electron chi connectivity index (χ3n) is 5.03. The normalized spacial score (nSPS) is 16.9. The van der Waals surface area contributed by atoms with Gasteiger partial charge in [0.1, 0.15) is 0 Å². The van der Waals surface area contributed by atoms with Crippen molar-refractivity contribution in [3.8, 4) is 0 Å². The number of rotatable bonds is 7. The highest BCUT2D eigenvalue weighted by Gasteiger charge is 2.22.